The average Bonchev–Trinajstić information content (AvgIpc) is 3.11. The molecule has 28 heavy (non-hydrogen) atoms. The van der Waals surface area contributed by atoms with Gasteiger partial charge in [-0.1, -0.05) is 18.2 Å². The molecule has 1 aromatic heterocycles. The molecule has 1 N–H and O–H groups in total. The predicted octanol–water partition coefficient (Wildman–Crippen LogP) is 4.05. The molecule has 3 aromatic carbocycles. The van der Waals surface area contributed by atoms with Crippen molar-refractivity contribution in [2.45, 2.75) is 6.92 Å². The standard InChI is InChI=1S/C22H21N5O/c1-15-6-4-5-7-19(15)22(28)23-16-8-13-20-21(14-16)25-27(24-20)18-11-9-17(10-12-18)26(2)3/h4-14H,1-3H3,(H,23,28). The van der Waals surface area contributed by atoms with Gasteiger partial charge in [0.15, 0.2) is 0 Å². The Bertz CT molecular complexity index is 1150. The molecule has 0 aliphatic rings. The van der Waals surface area contributed by atoms with Crippen molar-refractivity contribution in [1.82, 2.24) is 15.0 Å². The Morgan fingerprint density at radius 1 is 0.929 bits per heavy atom. The zero-order chi connectivity index (χ0) is 19.7. The van der Waals surface area contributed by atoms with Gasteiger partial charge in [0.25, 0.3) is 5.91 Å². The monoisotopic (exact) mass is 371 g/mol. The molecule has 0 atom stereocenters. The topological polar surface area (TPSA) is 63.1 Å². The first kappa shape index (κ1) is 17.7. The van der Waals surface area contributed by atoms with E-state index in [9.17, 15) is 4.79 Å². The lowest BCUT2D eigenvalue weighted by Crippen LogP contribution is -2.13. The van der Waals surface area contributed by atoms with Crippen LogP contribution in [0.15, 0.2) is 66.7 Å². The third-order valence-corrected chi connectivity index (χ3v) is 4.62. The van der Waals surface area contributed by atoms with Crippen LogP contribution in [0.1, 0.15) is 15.9 Å². The Balaban J connectivity index is 1.60. The highest BCUT2D eigenvalue weighted by atomic mass is 16.1. The van der Waals surface area contributed by atoms with E-state index < -0.39 is 0 Å². The zero-order valence-electron chi connectivity index (χ0n) is 16.0. The average molecular weight is 371 g/mol. The minimum absolute atomic E-state index is 0.135. The smallest absolute Gasteiger partial charge is 0.255 e. The van der Waals surface area contributed by atoms with Crippen molar-refractivity contribution in [3.05, 3.63) is 77.9 Å². The van der Waals surface area contributed by atoms with Crippen LogP contribution in [0.25, 0.3) is 16.7 Å². The van der Waals surface area contributed by atoms with Gasteiger partial charge in [-0.2, -0.15) is 4.80 Å². The molecule has 0 saturated carbocycles. The third kappa shape index (κ3) is 3.44. The fourth-order valence-electron chi connectivity index (χ4n) is 3.02. The van der Waals surface area contributed by atoms with Gasteiger partial charge in [-0.25, -0.2) is 0 Å². The molecule has 0 aliphatic heterocycles. The second-order valence-electron chi connectivity index (χ2n) is 6.87. The van der Waals surface area contributed by atoms with Gasteiger partial charge in [-0.15, -0.1) is 10.2 Å². The molecule has 0 radical (unpaired) electrons. The first-order valence-electron chi connectivity index (χ1n) is 9.03. The fourth-order valence-corrected chi connectivity index (χ4v) is 3.02. The fraction of sp³-hybridized carbons (Fsp3) is 0.136. The van der Waals surface area contributed by atoms with Gasteiger partial charge in [-0.05, 0) is 61.0 Å². The molecule has 0 saturated heterocycles. The number of rotatable bonds is 4. The van der Waals surface area contributed by atoms with Crippen molar-refractivity contribution in [1.29, 1.82) is 0 Å². The Morgan fingerprint density at radius 3 is 2.36 bits per heavy atom. The molecule has 0 aliphatic carbocycles. The van der Waals surface area contributed by atoms with Crippen LogP contribution in [-0.4, -0.2) is 35.0 Å². The molecule has 4 aromatic rings. The second kappa shape index (κ2) is 7.15. The molecule has 1 heterocycles. The number of aryl methyl sites for hydroxylation is 1. The van der Waals surface area contributed by atoms with Crippen LogP contribution in [0.5, 0.6) is 0 Å². The van der Waals surface area contributed by atoms with E-state index in [2.05, 4.69) is 15.5 Å². The summed E-state index contributed by atoms with van der Waals surface area (Å²) in [7, 11) is 4.00. The van der Waals surface area contributed by atoms with E-state index in [0.29, 0.717) is 11.3 Å². The number of aromatic nitrogens is 3. The summed E-state index contributed by atoms with van der Waals surface area (Å²) in [5.41, 5.74) is 5.77. The number of fused-ring (bicyclic) bond motifs is 1. The number of hydrogen-bond acceptors (Lipinski definition) is 4. The Kier molecular flexibility index (Phi) is 4.53. The first-order chi connectivity index (χ1) is 13.5. The molecular formula is C22H21N5O. The summed E-state index contributed by atoms with van der Waals surface area (Å²) in [5, 5.41) is 12.0. The van der Waals surface area contributed by atoms with Crippen molar-refractivity contribution >= 4 is 28.3 Å². The van der Waals surface area contributed by atoms with Gasteiger partial charge in [-0.3, -0.25) is 4.79 Å². The maximum atomic E-state index is 12.5. The minimum Gasteiger partial charge on any atom is -0.378 e. The Hall–Kier alpha value is -3.67. The maximum Gasteiger partial charge on any atom is 0.255 e. The number of carbonyl (C=O) groups excluding carboxylic acids is 1. The van der Waals surface area contributed by atoms with Crippen molar-refractivity contribution in [2.75, 3.05) is 24.3 Å². The van der Waals surface area contributed by atoms with Gasteiger partial charge in [0.2, 0.25) is 0 Å². The van der Waals surface area contributed by atoms with Crippen molar-refractivity contribution in [3.63, 3.8) is 0 Å². The lowest BCUT2D eigenvalue weighted by molar-refractivity contribution is 0.102. The molecule has 0 unspecified atom stereocenters. The van der Waals surface area contributed by atoms with Crippen LogP contribution in [0, 0.1) is 6.92 Å². The van der Waals surface area contributed by atoms with Crippen LogP contribution in [0.4, 0.5) is 11.4 Å². The quantitative estimate of drug-likeness (QED) is 0.588. The van der Waals surface area contributed by atoms with Gasteiger partial charge in [0, 0.05) is 31.0 Å². The third-order valence-electron chi connectivity index (χ3n) is 4.62. The van der Waals surface area contributed by atoms with Gasteiger partial charge in [0.05, 0.1) is 5.69 Å². The van der Waals surface area contributed by atoms with E-state index in [1.807, 2.05) is 92.6 Å². The van der Waals surface area contributed by atoms with E-state index in [1.54, 1.807) is 4.80 Å². The number of carbonyl (C=O) groups is 1. The summed E-state index contributed by atoms with van der Waals surface area (Å²) in [6.07, 6.45) is 0. The Labute approximate surface area is 163 Å². The lowest BCUT2D eigenvalue weighted by atomic mass is 10.1. The Morgan fingerprint density at radius 2 is 1.64 bits per heavy atom. The molecule has 0 bridgehead atoms. The number of nitrogens with one attached hydrogen (secondary N) is 1. The van der Waals surface area contributed by atoms with E-state index >= 15 is 0 Å². The summed E-state index contributed by atoms with van der Waals surface area (Å²) >= 11 is 0. The van der Waals surface area contributed by atoms with Gasteiger partial charge in [0.1, 0.15) is 11.0 Å². The van der Waals surface area contributed by atoms with Gasteiger partial charge < -0.3 is 10.2 Å². The predicted molar refractivity (Wildman–Crippen MR) is 112 cm³/mol. The number of hydrogen-bond donors (Lipinski definition) is 1. The van der Waals surface area contributed by atoms with Crippen LogP contribution < -0.4 is 10.2 Å². The van der Waals surface area contributed by atoms with E-state index in [0.717, 1.165) is 28.0 Å². The summed E-state index contributed by atoms with van der Waals surface area (Å²) in [6.45, 7) is 1.92. The summed E-state index contributed by atoms with van der Waals surface area (Å²) in [6, 6.07) is 21.1. The largest absolute Gasteiger partial charge is 0.378 e. The van der Waals surface area contributed by atoms with Crippen LogP contribution in [0.2, 0.25) is 0 Å². The van der Waals surface area contributed by atoms with Crippen LogP contribution >= 0.6 is 0 Å². The maximum absolute atomic E-state index is 12.5. The molecule has 0 spiro atoms. The SMILES string of the molecule is Cc1ccccc1C(=O)Nc1ccc2nn(-c3ccc(N(C)C)cc3)nc2c1. The molecule has 4 rings (SSSR count). The molecular weight excluding hydrogens is 350 g/mol. The minimum atomic E-state index is -0.135. The number of benzene rings is 3. The summed E-state index contributed by atoms with van der Waals surface area (Å²) in [4.78, 5) is 16.2. The highest BCUT2D eigenvalue weighted by molar-refractivity contribution is 6.05. The number of nitrogens with zero attached hydrogens (tertiary/aromatic N) is 4. The van der Waals surface area contributed by atoms with Crippen molar-refractivity contribution < 1.29 is 4.79 Å². The van der Waals surface area contributed by atoms with E-state index in [4.69, 9.17) is 0 Å². The highest BCUT2D eigenvalue weighted by Gasteiger charge is 2.11. The normalized spacial score (nSPS) is 10.8. The molecule has 1 amide bonds. The van der Waals surface area contributed by atoms with Crippen LogP contribution in [0.3, 0.4) is 0 Å². The molecule has 6 nitrogen and oxygen atoms in total. The van der Waals surface area contributed by atoms with Crippen molar-refractivity contribution in [2.24, 2.45) is 0 Å². The summed E-state index contributed by atoms with van der Waals surface area (Å²) < 4.78 is 0. The molecule has 6 heteroatoms. The zero-order valence-corrected chi connectivity index (χ0v) is 16.0. The summed E-state index contributed by atoms with van der Waals surface area (Å²) in [5.74, 6) is -0.135. The molecule has 140 valence electrons. The van der Waals surface area contributed by atoms with E-state index in [-0.39, 0.29) is 5.91 Å². The highest BCUT2D eigenvalue weighted by Crippen LogP contribution is 2.20. The van der Waals surface area contributed by atoms with Crippen molar-refractivity contribution in [3.8, 4) is 5.69 Å². The lowest BCUT2D eigenvalue weighted by Gasteiger charge is -2.12. The second-order valence-corrected chi connectivity index (χ2v) is 6.87. The number of amides is 1. The van der Waals surface area contributed by atoms with Gasteiger partial charge >= 0.3 is 0 Å². The van der Waals surface area contributed by atoms with E-state index in [1.165, 1.54) is 0 Å². The first-order valence-corrected chi connectivity index (χ1v) is 9.03. The molecule has 0 fully saturated rings. The number of anilines is 2. The van der Waals surface area contributed by atoms with Crippen LogP contribution in [-0.2, 0) is 0 Å².